The molecule has 0 aliphatic rings. The molecule has 0 aliphatic carbocycles. The summed E-state index contributed by atoms with van der Waals surface area (Å²) in [4.78, 5) is 15.2. The fourth-order valence-electron chi connectivity index (χ4n) is 2.72. The van der Waals surface area contributed by atoms with Crippen LogP contribution in [0, 0.1) is 19.7 Å². The maximum atomic E-state index is 13.2. The third-order valence-corrected chi connectivity index (χ3v) is 4.21. The van der Waals surface area contributed by atoms with Gasteiger partial charge < -0.3 is 9.52 Å². The first kappa shape index (κ1) is 17.1. The Morgan fingerprint density at radius 2 is 2.00 bits per heavy atom. The molecule has 25 heavy (non-hydrogen) atoms. The predicted molar refractivity (Wildman–Crippen MR) is 91.9 cm³/mol. The molecule has 2 heterocycles. The summed E-state index contributed by atoms with van der Waals surface area (Å²) in [5.41, 5.74) is 3.62. The van der Waals surface area contributed by atoms with Gasteiger partial charge in [0.05, 0.1) is 12.7 Å². The Morgan fingerprint density at radius 1 is 1.24 bits per heavy atom. The molecular weight excluding hydrogens is 323 g/mol. The Hall–Kier alpha value is -2.73. The second-order valence-electron chi connectivity index (χ2n) is 6.17. The normalized spacial score (nSPS) is 12.4. The summed E-state index contributed by atoms with van der Waals surface area (Å²) in [6.07, 6.45) is 2.69. The van der Waals surface area contributed by atoms with Crippen molar-refractivity contribution in [2.24, 2.45) is 0 Å². The van der Waals surface area contributed by atoms with Gasteiger partial charge in [0.2, 0.25) is 0 Å². The van der Waals surface area contributed by atoms with Gasteiger partial charge in [-0.05, 0) is 54.8 Å². The molecule has 1 unspecified atom stereocenters. The zero-order valence-electron chi connectivity index (χ0n) is 14.0. The van der Waals surface area contributed by atoms with Crippen LogP contribution in [0.15, 0.2) is 41.1 Å². The molecule has 0 amide bonds. The summed E-state index contributed by atoms with van der Waals surface area (Å²) in [6.45, 7) is 4.32. The SMILES string of the molecule is Cc1cc2cc(CNC(Cc3cncc(F)c3)C(=O)O)oc2cc1C. The van der Waals surface area contributed by atoms with Gasteiger partial charge in [-0.25, -0.2) is 4.39 Å². The minimum Gasteiger partial charge on any atom is -0.480 e. The van der Waals surface area contributed by atoms with Crippen LogP contribution < -0.4 is 5.32 Å². The predicted octanol–water partition coefficient (Wildman–Crippen LogP) is 3.37. The molecule has 0 saturated carbocycles. The molecule has 0 saturated heterocycles. The van der Waals surface area contributed by atoms with Crippen molar-refractivity contribution in [3.8, 4) is 0 Å². The number of carbonyl (C=O) groups is 1. The lowest BCUT2D eigenvalue weighted by Crippen LogP contribution is -2.38. The molecule has 1 aromatic carbocycles. The number of fused-ring (bicyclic) bond motifs is 1. The van der Waals surface area contributed by atoms with Gasteiger partial charge in [0.25, 0.3) is 0 Å². The average molecular weight is 342 g/mol. The number of halogens is 1. The van der Waals surface area contributed by atoms with Crippen LogP contribution in [0.1, 0.15) is 22.5 Å². The van der Waals surface area contributed by atoms with Crippen LogP contribution in [0.3, 0.4) is 0 Å². The number of hydrogen-bond donors (Lipinski definition) is 2. The van der Waals surface area contributed by atoms with E-state index in [4.69, 9.17) is 4.42 Å². The second-order valence-corrected chi connectivity index (χ2v) is 6.17. The molecular formula is C19H19FN2O3. The van der Waals surface area contributed by atoms with Gasteiger partial charge in [0, 0.05) is 18.0 Å². The highest BCUT2D eigenvalue weighted by Crippen LogP contribution is 2.23. The summed E-state index contributed by atoms with van der Waals surface area (Å²) in [6, 6.07) is 6.35. The van der Waals surface area contributed by atoms with Gasteiger partial charge in [-0.15, -0.1) is 0 Å². The molecule has 2 aromatic heterocycles. The number of nitrogens with one attached hydrogen (secondary N) is 1. The van der Waals surface area contributed by atoms with Crippen molar-refractivity contribution in [1.29, 1.82) is 0 Å². The summed E-state index contributed by atoms with van der Waals surface area (Å²) < 4.78 is 19.0. The monoisotopic (exact) mass is 342 g/mol. The van der Waals surface area contributed by atoms with Crippen molar-refractivity contribution in [3.05, 3.63) is 64.9 Å². The van der Waals surface area contributed by atoms with Crippen LogP contribution in [0.25, 0.3) is 11.0 Å². The highest BCUT2D eigenvalue weighted by Gasteiger charge is 2.18. The molecule has 3 aromatic rings. The van der Waals surface area contributed by atoms with E-state index in [9.17, 15) is 14.3 Å². The third kappa shape index (κ3) is 4.03. The Bertz CT molecular complexity index is 881. The molecule has 130 valence electrons. The number of benzene rings is 1. The van der Waals surface area contributed by atoms with Crippen LogP contribution in [-0.2, 0) is 17.8 Å². The van der Waals surface area contributed by atoms with E-state index in [1.807, 2.05) is 32.0 Å². The zero-order chi connectivity index (χ0) is 18.0. The zero-order valence-corrected chi connectivity index (χ0v) is 14.0. The molecule has 0 fully saturated rings. The minimum atomic E-state index is -1.01. The smallest absolute Gasteiger partial charge is 0.321 e. The highest BCUT2D eigenvalue weighted by atomic mass is 19.1. The lowest BCUT2D eigenvalue weighted by molar-refractivity contribution is -0.139. The van der Waals surface area contributed by atoms with Crippen LogP contribution in [-0.4, -0.2) is 22.1 Å². The van der Waals surface area contributed by atoms with E-state index >= 15 is 0 Å². The van der Waals surface area contributed by atoms with Crippen LogP contribution >= 0.6 is 0 Å². The van der Waals surface area contributed by atoms with Crippen molar-refractivity contribution in [2.45, 2.75) is 32.9 Å². The lowest BCUT2D eigenvalue weighted by Gasteiger charge is -2.13. The van der Waals surface area contributed by atoms with Crippen LogP contribution in [0.5, 0.6) is 0 Å². The molecule has 0 aliphatic heterocycles. The standard InChI is InChI=1S/C19H19FN2O3/c1-11-3-14-7-16(25-18(14)4-12(11)2)10-22-17(19(23)24)6-13-5-15(20)9-21-8-13/h3-5,7-9,17,22H,6,10H2,1-2H3,(H,23,24). The first-order valence-corrected chi connectivity index (χ1v) is 7.97. The number of furan rings is 1. The van der Waals surface area contributed by atoms with E-state index in [-0.39, 0.29) is 13.0 Å². The van der Waals surface area contributed by atoms with Crippen LogP contribution in [0.4, 0.5) is 4.39 Å². The molecule has 0 bridgehead atoms. The van der Waals surface area contributed by atoms with E-state index in [0.717, 1.165) is 22.7 Å². The third-order valence-electron chi connectivity index (χ3n) is 4.21. The van der Waals surface area contributed by atoms with Gasteiger partial charge in [0.1, 0.15) is 23.2 Å². The lowest BCUT2D eigenvalue weighted by atomic mass is 10.1. The molecule has 0 radical (unpaired) electrons. The number of nitrogens with zero attached hydrogens (tertiary/aromatic N) is 1. The van der Waals surface area contributed by atoms with Crippen LogP contribution in [0.2, 0.25) is 0 Å². The molecule has 1 atom stereocenters. The number of hydrogen-bond acceptors (Lipinski definition) is 4. The van der Waals surface area contributed by atoms with Crippen molar-refractivity contribution >= 4 is 16.9 Å². The largest absolute Gasteiger partial charge is 0.480 e. The number of aromatic nitrogens is 1. The first-order chi connectivity index (χ1) is 11.9. The number of rotatable bonds is 6. The molecule has 5 nitrogen and oxygen atoms in total. The molecule has 6 heteroatoms. The van der Waals surface area contributed by atoms with Crippen molar-refractivity contribution in [1.82, 2.24) is 10.3 Å². The first-order valence-electron chi connectivity index (χ1n) is 7.97. The number of carboxylic acid groups (broad SMARTS) is 1. The number of carboxylic acids is 1. The number of aliphatic carboxylic acids is 1. The number of aryl methyl sites for hydroxylation is 2. The van der Waals surface area contributed by atoms with Gasteiger partial charge in [-0.3, -0.25) is 15.1 Å². The van der Waals surface area contributed by atoms with Gasteiger partial charge in [0.15, 0.2) is 0 Å². The fraction of sp³-hybridized carbons (Fsp3) is 0.263. The maximum Gasteiger partial charge on any atom is 0.321 e. The minimum absolute atomic E-state index is 0.137. The van der Waals surface area contributed by atoms with E-state index in [2.05, 4.69) is 10.3 Å². The van der Waals surface area contributed by atoms with Crippen molar-refractivity contribution < 1.29 is 18.7 Å². The molecule has 2 N–H and O–H groups in total. The summed E-state index contributed by atoms with van der Waals surface area (Å²) >= 11 is 0. The maximum absolute atomic E-state index is 13.2. The van der Waals surface area contributed by atoms with E-state index in [1.165, 1.54) is 17.8 Å². The fourth-order valence-corrected chi connectivity index (χ4v) is 2.72. The van der Waals surface area contributed by atoms with Gasteiger partial charge >= 0.3 is 5.97 Å². The Labute approximate surface area is 144 Å². The Kier molecular flexibility index (Phi) is 4.81. The van der Waals surface area contributed by atoms with E-state index < -0.39 is 17.8 Å². The summed E-state index contributed by atoms with van der Waals surface area (Å²) in [5.74, 6) is -0.833. The van der Waals surface area contributed by atoms with Gasteiger partial charge in [-0.1, -0.05) is 0 Å². The Morgan fingerprint density at radius 3 is 2.72 bits per heavy atom. The topological polar surface area (TPSA) is 75.4 Å². The second kappa shape index (κ2) is 7.03. The van der Waals surface area contributed by atoms with Crippen molar-refractivity contribution in [3.63, 3.8) is 0 Å². The van der Waals surface area contributed by atoms with Gasteiger partial charge in [-0.2, -0.15) is 0 Å². The van der Waals surface area contributed by atoms with Crippen molar-refractivity contribution in [2.75, 3.05) is 0 Å². The van der Waals surface area contributed by atoms with E-state index in [0.29, 0.717) is 11.3 Å². The van der Waals surface area contributed by atoms with E-state index in [1.54, 1.807) is 0 Å². The quantitative estimate of drug-likeness (QED) is 0.718. The highest BCUT2D eigenvalue weighted by molar-refractivity contribution is 5.79. The summed E-state index contributed by atoms with van der Waals surface area (Å²) in [7, 11) is 0. The molecule has 0 spiro atoms. The summed E-state index contributed by atoms with van der Waals surface area (Å²) in [5, 5.41) is 13.3. The number of pyridine rings is 1. The molecule has 3 rings (SSSR count). The average Bonchev–Trinajstić information content (AvgIpc) is 2.93. The Balaban J connectivity index is 1.72.